The van der Waals surface area contributed by atoms with E-state index in [2.05, 4.69) is 10.0 Å². The first-order chi connectivity index (χ1) is 12.2. The monoisotopic (exact) mass is 416 g/mol. The van der Waals surface area contributed by atoms with Gasteiger partial charge in [-0.15, -0.1) is 11.3 Å². The summed E-state index contributed by atoms with van der Waals surface area (Å²) in [5.41, 5.74) is 1.09. The molecule has 1 heterocycles. The normalized spacial score (nSPS) is 11.9. The second-order valence-corrected chi connectivity index (χ2v) is 10.8. The zero-order valence-electron chi connectivity index (χ0n) is 14.1. The fourth-order valence-corrected chi connectivity index (χ4v) is 4.80. The van der Waals surface area contributed by atoms with Crippen molar-refractivity contribution in [2.75, 3.05) is 22.8 Å². The molecule has 0 aliphatic rings. The SMILES string of the molecule is CCS(=O)(=O)CCNC(=O)Cc1ccc(NS(=O)(=O)c2cccs2)cc1. The molecule has 0 saturated heterocycles. The smallest absolute Gasteiger partial charge is 0.271 e. The largest absolute Gasteiger partial charge is 0.355 e. The van der Waals surface area contributed by atoms with Crippen LogP contribution in [0.25, 0.3) is 0 Å². The Hall–Kier alpha value is -1.91. The van der Waals surface area contributed by atoms with Crippen LogP contribution in [0.15, 0.2) is 46.0 Å². The predicted molar refractivity (Wildman–Crippen MR) is 103 cm³/mol. The first-order valence-electron chi connectivity index (χ1n) is 7.84. The molecule has 10 heteroatoms. The third-order valence-electron chi connectivity index (χ3n) is 3.51. The number of amides is 1. The summed E-state index contributed by atoms with van der Waals surface area (Å²) in [4.78, 5) is 11.8. The van der Waals surface area contributed by atoms with Gasteiger partial charge in [-0.1, -0.05) is 25.1 Å². The van der Waals surface area contributed by atoms with E-state index < -0.39 is 19.9 Å². The van der Waals surface area contributed by atoms with Gasteiger partial charge in [0, 0.05) is 18.0 Å². The molecule has 1 amide bonds. The van der Waals surface area contributed by atoms with Gasteiger partial charge in [-0.25, -0.2) is 16.8 Å². The average molecular weight is 417 g/mol. The summed E-state index contributed by atoms with van der Waals surface area (Å²) in [5, 5.41) is 4.25. The van der Waals surface area contributed by atoms with Gasteiger partial charge >= 0.3 is 0 Å². The fraction of sp³-hybridized carbons (Fsp3) is 0.312. The van der Waals surface area contributed by atoms with E-state index in [1.807, 2.05) is 0 Å². The molecule has 2 aromatic rings. The van der Waals surface area contributed by atoms with Gasteiger partial charge in [0.1, 0.15) is 4.21 Å². The summed E-state index contributed by atoms with van der Waals surface area (Å²) in [6, 6.07) is 9.63. The van der Waals surface area contributed by atoms with Crippen LogP contribution in [0.2, 0.25) is 0 Å². The maximum atomic E-state index is 12.1. The minimum Gasteiger partial charge on any atom is -0.355 e. The predicted octanol–water partition coefficient (Wildman–Crippen LogP) is 1.64. The van der Waals surface area contributed by atoms with Crippen molar-refractivity contribution in [2.24, 2.45) is 0 Å². The Balaban J connectivity index is 1.88. The number of nitrogens with one attached hydrogen (secondary N) is 2. The lowest BCUT2D eigenvalue weighted by Crippen LogP contribution is -2.30. The number of sulfonamides is 1. The van der Waals surface area contributed by atoms with Crippen LogP contribution in [0.1, 0.15) is 12.5 Å². The molecule has 0 aliphatic carbocycles. The maximum Gasteiger partial charge on any atom is 0.271 e. The summed E-state index contributed by atoms with van der Waals surface area (Å²) < 4.78 is 49.7. The highest BCUT2D eigenvalue weighted by Crippen LogP contribution is 2.20. The number of anilines is 1. The van der Waals surface area contributed by atoms with Gasteiger partial charge in [-0.05, 0) is 29.1 Å². The molecule has 7 nitrogen and oxygen atoms in total. The fourth-order valence-electron chi connectivity index (χ4n) is 2.05. The molecule has 2 rings (SSSR count). The third-order valence-corrected chi connectivity index (χ3v) is 7.99. The highest BCUT2D eigenvalue weighted by atomic mass is 32.2. The van der Waals surface area contributed by atoms with Crippen molar-refractivity contribution in [3.8, 4) is 0 Å². The van der Waals surface area contributed by atoms with E-state index in [1.165, 1.54) is 6.07 Å². The number of rotatable bonds is 9. The van der Waals surface area contributed by atoms with Crippen LogP contribution >= 0.6 is 11.3 Å². The molecule has 26 heavy (non-hydrogen) atoms. The van der Waals surface area contributed by atoms with Gasteiger partial charge in [-0.2, -0.15) is 0 Å². The zero-order chi connectivity index (χ0) is 19.2. The van der Waals surface area contributed by atoms with Crippen molar-refractivity contribution in [1.82, 2.24) is 5.32 Å². The zero-order valence-corrected chi connectivity index (χ0v) is 16.6. The van der Waals surface area contributed by atoms with Crippen molar-refractivity contribution < 1.29 is 21.6 Å². The van der Waals surface area contributed by atoms with E-state index in [1.54, 1.807) is 42.6 Å². The molecule has 142 valence electrons. The second kappa shape index (κ2) is 8.65. The Labute approximate surface area is 157 Å². The van der Waals surface area contributed by atoms with Crippen LogP contribution in [-0.2, 0) is 31.1 Å². The molecule has 0 aliphatic heterocycles. The number of benzene rings is 1. The van der Waals surface area contributed by atoms with E-state index in [4.69, 9.17) is 0 Å². The van der Waals surface area contributed by atoms with E-state index >= 15 is 0 Å². The lowest BCUT2D eigenvalue weighted by Gasteiger charge is -2.08. The van der Waals surface area contributed by atoms with Crippen molar-refractivity contribution in [3.05, 3.63) is 47.3 Å². The quantitative estimate of drug-likeness (QED) is 0.646. The summed E-state index contributed by atoms with van der Waals surface area (Å²) in [5.74, 6) is -0.326. The van der Waals surface area contributed by atoms with Gasteiger partial charge in [0.2, 0.25) is 5.91 Å². The minimum atomic E-state index is -3.60. The molecule has 0 saturated carbocycles. The standard InChI is InChI=1S/C16H20N2O5S3/c1-2-25(20,21)11-9-17-15(19)12-13-5-7-14(8-6-13)18-26(22,23)16-4-3-10-24-16/h3-8,10,18H,2,9,11-12H2,1H3,(H,17,19). The van der Waals surface area contributed by atoms with Crippen LogP contribution < -0.4 is 10.0 Å². The van der Waals surface area contributed by atoms with Gasteiger partial charge in [-0.3, -0.25) is 9.52 Å². The maximum absolute atomic E-state index is 12.1. The molecule has 0 spiro atoms. The van der Waals surface area contributed by atoms with E-state index in [0.717, 1.165) is 11.3 Å². The Morgan fingerprint density at radius 3 is 2.35 bits per heavy atom. The van der Waals surface area contributed by atoms with Crippen molar-refractivity contribution in [2.45, 2.75) is 17.6 Å². The van der Waals surface area contributed by atoms with Gasteiger partial charge in [0.05, 0.1) is 12.2 Å². The third kappa shape index (κ3) is 6.11. The van der Waals surface area contributed by atoms with Gasteiger partial charge < -0.3 is 5.32 Å². The molecule has 0 bridgehead atoms. The summed E-state index contributed by atoms with van der Waals surface area (Å²) in [6.07, 6.45) is 0.0874. The molecule has 0 atom stereocenters. The number of hydrogen-bond donors (Lipinski definition) is 2. The number of hydrogen-bond acceptors (Lipinski definition) is 6. The molecular formula is C16H20N2O5S3. The molecule has 0 unspecified atom stereocenters. The van der Waals surface area contributed by atoms with E-state index in [0.29, 0.717) is 11.3 Å². The highest BCUT2D eigenvalue weighted by Gasteiger charge is 2.15. The molecule has 2 N–H and O–H groups in total. The molecular weight excluding hydrogens is 396 g/mol. The Bertz CT molecular complexity index is 934. The Morgan fingerprint density at radius 1 is 1.08 bits per heavy atom. The lowest BCUT2D eigenvalue weighted by molar-refractivity contribution is -0.120. The number of sulfone groups is 1. The van der Waals surface area contributed by atoms with Crippen LogP contribution in [-0.4, -0.2) is 40.8 Å². The molecule has 0 fully saturated rings. The first-order valence-corrected chi connectivity index (χ1v) is 12.0. The molecule has 1 aromatic carbocycles. The van der Waals surface area contributed by atoms with Crippen molar-refractivity contribution in [3.63, 3.8) is 0 Å². The molecule has 1 aromatic heterocycles. The number of carbonyl (C=O) groups excluding carboxylic acids is 1. The lowest BCUT2D eigenvalue weighted by atomic mass is 10.1. The van der Waals surface area contributed by atoms with Crippen LogP contribution in [0.3, 0.4) is 0 Å². The number of carbonyl (C=O) groups is 1. The second-order valence-electron chi connectivity index (χ2n) is 5.50. The van der Waals surface area contributed by atoms with Gasteiger partial charge in [0.25, 0.3) is 10.0 Å². The van der Waals surface area contributed by atoms with Crippen LogP contribution in [0.4, 0.5) is 5.69 Å². The molecule has 0 radical (unpaired) electrons. The van der Waals surface area contributed by atoms with Crippen LogP contribution in [0.5, 0.6) is 0 Å². The average Bonchev–Trinajstić information content (AvgIpc) is 3.12. The Kier molecular flexibility index (Phi) is 6.79. The van der Waals surface area contributed by atoms with Crippen molar-refractivity contribution >= 4 is 42.8 Å². The van der Waals surface area contributed by atoms with Crippen molar-refractivity contribution in [1.29, 1.82) is 0 Å². The van der Waals surface area contributed by atoms with E-state index in [-0.39, 0.29) is 34.6 Å². The first kappa shape index (κ1) is 20.4. The minimum absolute atomic E-state index is 0.0473. The number of thiophene rings is 1. The summed E-state index contributed by atoms with van der Waals surface area (Å²) in [7, 11) is -6.71. The Morgan fingerprint density at radius 2 is 1.77 bits per heavy atom. The van der Waals surface area contributed by atoms with Crippen LogP contribution in [0, 0.1) is 0 Å². The summed E-state index contributed by atoms with van der Waals surface area (Å²) >= 11 is 1.13. The summed E-state index contributed by atoms with van der Waals surface area (Å²) in [6.45, 7) is 1.64. The van der Waals surface area contributed by atoms with Gasteiger partial charge in [0.15, 0.2) is 9.84 Å². The highest BCUT2D eigenvalue weighted by molar-refractivity contribution is 7.94. The van der Waals surface area contributed by atoms with E-state index in [9.17, 15) is 21.6 Å². The topological polar surface area (TPSA) is 109 Å².